The highest BCUT2D eigenvalue weighted by Crippen LogP contribution is 2.24. The molecule has 0 unspecified atom stereocenters. The predicted octanol–water partition coefficient (Wildman–Crippen LogP) is -0.165. The number of imide groups is 1. The van der Waals surface area contributed by atoms with Gasteiger partial charge in [0.25, 0.3) is 5.91 Å². The molecule has 2 aromatic rings. The molecule has 1 aliphatic heterocycles. The third kappa shape index (κ3) is 2.12. The number of amides is 3. The number of nitrogen functional groups attached to an aromatic ring is 1. The fraction of sp³-hybridized carbons (Fsp3) is 0.0769. The van der Waals surface area contributed by atoms with E-state index in [2.05, 4.69) is 15.7 Å². The molecule has 0 bridgehead atoms. The Balaban J connectivity index is 2.03. The maximum atomic E-state index is 11.8. The van der Waals surface area contributed by atoms with Crippen LogP contribution in [-0.2, 0) is 16.0 Å². The fourth-order valence-corrected chi connectivity index (χ4v) is 2.20. The summed E-state index contributed by atoms with van der Waals surface area (Å²) in [4.78, 5) is 33.5. The van der Waals surface area contributed by atoms with Crippen molar-refractivity contribution in [1.29, 1.82) is 0 Å². The van der Waals surface area contributed by atoms with Crippen molar-refractivity contribution in [2.75, 3.05) is 11.1 Å². The van der Waals surface area contributed by atoms with Crippen LogP contribution in [0.5, 0.6) is 0 Å². The van der Waals surface area contributed by atoms with Crippen LogP contribution in [0, 0.1) is 0 Å². The van der Waals surface area contributed by atoms with Crippen molar-refractivity contribution in [1.82, 2.24) is 15.1 Å². The molecule has 0 radical (unpaired) electrons. The first-order valence-electron chi connectivity index (χ1n) is 6.12. The van der Waals surface area contributed by atoms with Crippen LogP contribution in [0.3, 0.4) is 0 Å². The first-order chi connectivity index (χ1) is 10.1. The number of nitrogens with one attached hydrogen (secondary N) is 2. The smallest absolute Gasteiger partial charge is 0.263 e. The zero-order valence-corrected chi connectivity index (χ0v) is 10.8. The Labute approximate surface area is 118 Å². The van der Waals surface area contributed by atoms with Crippen molar-refractivity contribution in [2.24, 2.45) is 0 Å². The van der Waals surface area contributed by atoms with Gasteiger partial charge in [-0.2, -0.15) is 5.10 Å². The monoisotopic (exact) mass is 285 g/mol. The van der Waals surface area contributed by atoms with Gasteiger partial charge in [-0.3, -0.25) is 19.7 Å². The van der Waals surface area contributed by atoms with Crippen LogP contribution in [0.15, 0.2) is 24.3 Å². The van der Waals surface area contributed by atoms with Gasteiger partial charge in [0, 0.05) is 5.69 Å². The van der Waals surface area contributed by atoms with Gasteiger partial charge in [0.05, 0.1) is 17.8 Å². The zero-order valence-electron chi connectivity index (χ0n) is 10.8. The van der Waals surface area contributed by atoms with E-state index in [1.165, 1.54) is 4.68 Å². The summed E-state index contributed by atoms with van der Waals surface area (Å²) in [6.07, 6.45) is 0.592. The lowest BCUT2D eigenvalue weighted by Crippen LogP contribution is -2.37. The van der Waals surface area contributed by atoms with Crippen molar-refractivity contribution < 1.29 is 14.4 Å². The number of carbonyl (C=O) groups excluding carboxylic acids is 3. The Morgan fingerprint density at radius 1 is 1.29 bits per heavy atom. The summed E-state index contributed by atoms with van der Waals surface area (Å²) in [5, 5.41) is 8.94. The Morgan fingerprint density at radius 2 is 2.00 bits per heavy atom. The second-order valence-corrected chi connectivity index (χ2v) is 4.48. The number of hydrogen-bond donors (Lipinski definition) is 3. The van der Waals surface area contributed by atoms with Gasteiger partial charge in [-0.05, 0) is 24.3 Å². The molecule has 0 fully saturated rings. The molecule has 0 atom stereocenters. The number of rotatable bonds is 3. The van der Waals surface area contributed by atoms with Gasteiger partial charge in [0.1, 0.15) is 11.4 Å². The molecular weight excluding hydrogens is 274 g/mol. The minimum atomic E-state index is -0.538. The fourth-order valence-electron chi connectivity index (χ4n) is 2.20. The van der Waals surface area contributed by atoms with E-state index in [-0.39, 0.29) is 17.8 Å². The van der Waals surface area contributed by atoms with E-state index in [1.807, 2.05) is 0 Å². The Morgan fingerprint density at radius 3 is 2.67 bits per heavy atom. The lowest BCUT2D eigenvalue weighted by Gasteiger charge is -2.09. The van der Waals surface area contributed by atoms with Crippen LogP contribution in [0.2, 0.25) is 0 Å². The largest absolute Gasteiger partial charge is 0.383 e. The zero-order chi connectivity index (χ0) is 15.0. The Hall–Kier alpha value is -3.16. The Bertz CT molecular complexity index is 748. The highest BCUT2D eigenvalue weighted by atomic mass is 16.2. The second kappa shape index (κ2) is 4.75. The number of anilines is 2. The van der Waals surface area contributed by atoms with E-state index >= 15 is 0 Å². The summed E-state index contributed by atoms with van der Waals surface area (Å²) in [6, 6.07) is 6.74. The maximum absolute atomic E-state index is 11.8. The summed E-state index contributed by atoms with van der Waals surface area (Å²) in [5.41, 5.74) is 7.78. The first-order valence-corrected chi connectivity index (χ1v) is 6.12. The van der Waals surface area contributed by atoms with E-state index in [1.54, 1.807) is 24.3 Å². The summed E-state index contributed by atoms with van der Waals surface area (Å²) in [5.74, 6) is -0.766. The molecular formula is C13H11N5O3. The molecule has 1 aliphatic rings. The molecule has 0 saturated carbocycles. The molecule has 21 heavy (non-hydrogen) atoms. The van der Waals surface area contributed by atoms with Gasteiger partial charge in [0.15, 0.2) is 0 Å². The average Bonchev–Trinajstić information content (AvgIpc) is 2.77. The van der Waals surface area contributed by atoms with Crippen molar-refractivity contribution >= 4 is 29.7 Å². The van der Waals surface area contributed by atoms with Gasteiger partial charge in [-0.15, -0.1) is 0 Å². The summed E-state index contributed by atoms with van der Waals surface area (Å²) in [6.45, 7) is 0. The Kier molecular flexibility index (Phi) is 2.90. The number of fused-ring (bicyclic) bond motifs is 1. The molecule has 8 heteroatoms. The van der Waals surface area contributed by atoms with Crippen LogP contribution in [0.25, 0.3) is 5.69 Å². The number of nitrogens with two attached hydrogens (primary N) is 1. The topological polar surface area (TPSA) is 119 Å². The molecule has 2 heterocycles. The normalized spacial score (nSPS) is 13.5. The molecule has 0 saturated heterocycles. The third-order valence-corrected chi connectivity index (χ3v) is 3.14. The van der Waals surface area contributed by atoms with Crippen LogP contribution in [0.4, 0.5) is 11.5 Å². The van der Waals surface area contributed by atoms with Gasteiger partial charge in [0.2, 0.25) is 12.3 Å². The molecule has 0 spiro atoms. The SMILES string of the molecule is Nc1c2c(nn1-c1ccc(NC=O)cc1)CC(=O)NC2=O. The van der Waals surface area contributed by atoms with Gasteiger partial charge in [-0.1, -0.05) is 0 Å². The van der Waals surface area contributed by atoms with Gasteiger partial charge in [-0.25, -0.2) is 4.68 Å². The maximum Gasteiger partial charge on any atom is 0.263 e. The number of carbonyl (C=O) groups is 3. The highest BCUT2D eigenvalue weighted by Gasteiger charge is 2.29. The third-order valence-electron chi connectivity index (χ3n) is 3.14. The quantitative estimate of drug-likeness (QED) is 0.534. The number of hydrogen-bond acceptors (Lipinski definition) is 5. The highest BCUT2D eigenvalue weighted by molar-refractivity contribution is 6.11. The van der Waals surface area contributed by atoms with E-state index in [9.17, 15) is 14.4 Å². The first kappa shape index (κ1) is 12.9. The summed E-state index contributed by atoms with van der Waals surface area (Å²) >= 11 is 0. The standard InChI is InChI=1S/C13H11N5O3/c14-12-11-9(5-10(20)16-13(11)21)17-18(12)8-3-1-7(2-4-8)15-6-19/h1-4,6H,5,14H2,(H,15,19)(H,16,20,21). The number of aromatic nitrogens is 2. The molecule has 3 rings (SSSR count). The van der Waals surface area contributed by atoms with E-state index in [0.29, 0.717) is 23.5 Å². The summed E-state index contributed by atoms with van der Waals surface area (Å²) < 4.78 is 1.40. The number of nitrogens with zero attached hydrogens (tertiary/aromatic N) is 2. The molecule has 1 aromatic heterocycles. The summed E-state index contributed by atoms with van der Waals surface area (Å²) in [7, 11) is 0. The minimum Gasteiger partial charge on any atom is -0.383 e. The van der Waals surface area contributed by atoms with E-state index < -0.39 is 11.8 Å². The lowest BCUT2D eigenvalue weighted by atomic mass is 10.1. The second-order valence-electron chi connectivity index (χ2n) is 4.48. The molecule has 0 aliphatic carbocycles. The van der Waals surface area contributed by atoms with Crippen molar-refractivity contribution in [2.45, 2.75) is 6.42 Å². The van der Waals surface area contributed by atoms with Crippen LogP contribution in [-0.4, -0.2) is 28.0 Å². The van der Waals surface area contributed by atoms with Gasteiger partial charge >= 0.3 is 0 Å². The van der Waals surface area contributed by atoms with Crippen molar-refractivity contribution in [3.05, 3.63) is 35.5 Å². The van der Waals surface area contributed by atoms with Crippen LogP contribution >= 0.6 is 0 Å². The van der Waals surface area contributed by atoms with E-state index in [0.717, 1.165) is 0 Å². The van der Waals surface area contributed by atoms with Gasteiger partial charge < -0.3 is 11.1 Å². The van der Waals surface area contributed by atoms with Crippen LogP contribution in [0.1, 0.15) is 16.1 Å². The predicted molar refractivity (Wildman–Crippen MR) is 73.8 cm³/mol. The van der Waals surface area contributed by atoms with Crippen LogP contribution < -0.4 is 16.4 Å². The molecule has 8 nitrogen and oxygen atoms in total. The minimum absolute atomic E-state index is 0.0169. The van der Waals surface area contributed by atoms with Crippen molar-refractivity contribution in [3.63, 3.8) is 0 Å². The number of benzene rings is 1. The molecule has 1 aromatic carbocycles. The van der Waals surface area contributed by atoms with Crippen molar-refractivity contribution in [3.8, 4) is 5.69 Å². The molecule has 106 valence electrons. The molecule has 3 amide bonds. The molecule has 4 N–H and O–H groups in total. The average molecular weight is 285 g/mol. The lowest BCUT2D eigenvalue weighted by molar-refractivity contribution is -0.119. The van der Waals surface area contributed by atoms with E-state index in [4.69, 9.17) is 5.73 Å².